The number of hydrogen-bond donors (Lipinski definition) is 0. The lowest BCUT2D eigenvalue weighted by Crippen LogP contribution is -1.89. The van der Waals surface area contributed by atoms with Crippen LogP contribution in [-0.4, -0.2) is 5.88 Å². The molecule has 0 aliphatic carbocycles. The minimum atomic E-state index is -0.362. The molecule has 0 fully saturated rings. The number of rotatable bonds is 4. The Morgan fingerprint density at radius 3 is 2.80 bits per heavy atom. The summed E-state index contributed by atoms with van der Waals surface area (Å²) in [6.07, 6.45) is 3.66. The van der Waals surface area contributed by atoms with Crippen LogP contribution in [0.5, 0.6) is 0 Å². The molecule has 82 valence electrons. The Morgan fingerprint density at radius 2 is 2.20 bits per heavy atom. The summed E-state index contributed by atoms with van der Waals surface area (Å²) in [6, 6.07) is 4.89. The number of halogens is 3. The zero-order valence-corrected chi connectivity index (χ0v) is 10.1. The van der Waals surface area contributed by atoms with E-state index in [-0.39, 0.29) is 10.8 Å². The molecule has 0 saturated heterocycles. The van der Waals surface area contributed by atoms with Crippen molar-refractivity contribution in [1.29, 1.82) is 0 Å². The molecule has 1 rings (SSSR count). The van der Waals surface area contributed by atoms with Gasteiger partial charge in [0.05, 0.1) is 5.02 Å². The van der Waals surface area contributed by atoms with Crippen molar-refractivity contribution >= 4 is 23.2 Å². The van der Waals surface area contributed by atoms with Gasteiger partial charge in [-0.2, -0.15) is 0 Å². The van der Waals surface area contributed by atoms with Crippen LogP contribution in [0.1, 0.15) is 18.9 Å². The van der Waals surface area contributed by atoms with Gasteiger partial charge < -0.3 is 0 Å². The van der Waals surface area contributed by atoms with E-state index in [0.29, 0.717) is 5.88 Å². The summed E-state index contributed by atoms with van der Waals surface area (Å²) in [6.45, 7) is 2.01. The standard InChI is InChI=1S/C12H13Cl2F/c1-9(3-2-6-13)7-10-4-5-11(14)12(15)8-10/h3-5,8H,2,6-7H2,1H3/b9-3-. The van der Waals surface area contributed by atoms with Crippen LogP contribution in [0.4, 0.5) is 4.39 Å². The van der Waals surface area contributed by atoms with Gasteiger partial charge in [0.2, 0.25) is 0 Å². The fourth-order valence-electron chi connectivity index (χ4n) is 1.34. The van der Waals surface area contributed by atoms with Crippen molar-refractivity contribution < 1.29 is 4.39 Å². The molecule has 0 aliphatic rings. The maximum Gasteiger partial charge on any atom is 0.142 e. The van der Waals surface area contributed by atoms with Gasteiger partial charge in [-0.15, -0.1) is 11.6 Å². The number of benzene rings is 1. The van der Waals surface area contributed by atoms with Crippen molar-refractivity contribution in [3.05, 3.63) is 46.3 Å². The summed E-state index contributed by atoms with van der Waals surface area (Å²) in [5, 5.41) is 0.168. The van der Waals surface area contributed by atoms with Crippen LogP contribution in [0.2, 0.25) is 5.02 Å². The van der Waals surface area contributed by atoms with Crippen LogP contribution >= 0.6 is 23.2 Å². The number of allylic oxidation sites excluding steroid dienone is 2. The second-order valence-electron chi connectivity index (χ2n) is 3.45. The third-order valence-corrected chi connectivity index (χ3v) is 2.59. The Morgan fingerprint density at radius 1 is 1.47 bits per heavy atom. The highest BCUT2D eigenvalue weighted by atomic mass is 35.5. The topological polar surface area (TPSA) is 0 Å². The quantitative estimate of drug-likeness (QED) is 0.539. The van der Waals surface area contributed by atoms with E-state index >= 15 is 0 Å². The molecule has 0 spiro atoms. The molecule has 0 bridgehead atoms. The molecule has 0 amide bonds. The Hall–Kier alpha value is -0.530. The highest BCUT2D eigenvalue weighted by Gasteiger charge is 2.01. The summed E-state index contributed by atoms with van der Waals surface area (Å²) in [5.74, 6) is 0.256. The molecule has 0 heterocycles. The fraction of sp³-hybridized carbons (Fsp3) is 0.333. The molecule has 0 radical (unpaired) electrons. The summed E-state index contributed by atoms with van der Waals surface area (Å²) in [5.41, 5.74) is 2.12. The summed E-state index contributed by atoms with van der Waals surface area (Å²) < 4.78 is 13.1. The SMILES string of the molecule is C/C(=C/CCCl)Cc1ccc(Cl)c(F)c1. The Bertz CT molecular complexity index is 359. The van der Waals surface area contributed by atoms with Crippen LogP contribution < -0.4 is 0 Å². The van der Waals surface area contributed by atoms with Gasteiger partial charge in [-0.1, -0.05) is 29.3 Å². The maximum atomic E-state index is 13.1. The first-order valence-electron chi connectivity index (χ1n) is 4.79. The third-order valence-electron chi connectivity index (χ3n) is 2.07. The summed E-state index contributed by atoms with van der Waals surface area (Å²) in [4.78, 5) is 0. The highest BCUT2D eigenvalue weighted by molar-refractivity contribution is 6.30. The van der Waals surface area contributed by atoms with E-state index in [4.69, 9.17) is 23.2 Å². The predicted octanol–water partition coefficient (Wildman–Crippen LogP) is 4.60. The normalized spacial score (nSPS) is 11.9. The van der Waals surface area contributed by atoms with Crippen molar-refractivity contribution in [2.75, 3.05) is 5.88 Å². The lowest BCUT2D eigenvalue weighted by Gasteiger charge is -2.03. The van der Waals surface area contributed by atoms with Crippen molar-refractivity contribution in [1.82, 2.24) is 0 Å². The van der Waals surface area contributed by atoms with E-state index in [1.807, 2.05) is 13.0 Å². The molecule has 0 nitrogen and oxygen atoms in total. The van der Waals surface area contributed by atoms with Crippen molar-refractivity contribution in [2.24, 2.45) is 0 Å². The second-order valence-corrected chi connectivity index (χ2v) is 4.24. The first-order chi connectivity index (χ1) is 7.13. The monoisotopic (exact) mass is 246 g/mol. The largest absolute Gasteiger partial charge is 0.205 e. The van der Waals surface area contributed by atoms with Crippen LogP contribution in [0.3, 0.4) is 0 Å². The van der Waals surface area contributed by atoms with Gasteiger partial charge in [0, 0.05) is 5.88 Å². The zero-order valence-electron chi connectivity index (χ0n) is 8.56. The van der Waals surface area contributed by atoms with E-state index in [2.05, 4.69) is 6.08 Å². The molecule has 1 aromatic rings. The molecule has 0 atom stereocenters. The molecular weight excluding hydrogens is 234 g/mol. The Balaban J connectivity index is 2.68. The summed E-state index contributed by atoms with van der Waals surface area (Å²) >= 11 is 11.2. The first kappa shape index (κ1) is 12.5. The Kier molecular flexibility index (Phi) is 5.13. The first-order valence-corrected chi connectivity index (χ1v) is 5.70. The third kappa shape index (κ3) is 4.23. The lowest BCUT2D eigenvalue weighted by molar-refractivity contribution is 0.626. The van der Waals surface area contributed by atoms with E-state index in [1.54, 1.807) is 6.07 Å². The van der Waals surface area contributed by atoms with Crippen LogP contribution in [-0.2, 0) is 6.42 Å². The van der Waals surface area contributed by atoms with Gasteiger partial charge >= 0.3 is 0 Å². The van der Waals surface area contributed by atoms with Gasteiger partial charge in [0.25, 0.3) is 0 Å². The van der Waals surface area contributed by atoms with E-state index in [9.17, 15) is 4.39 Å². The number of hydrogen-bond acceptors (Lipinski definition) is 0. The molecule has 1 aromatic carbocycles. The molecule has 0 N–H and O–H groups in total. The van der Waals surface area contributed by atoms with Gasteiger partial charge in [-0.25, -0.2) is 4.39 Å². The average molecular weight is 247 g/mol. The van der Waals surface area contributed by atoms with Gasteiger partial charge in [0.15, 0.2) is 0 Å². The molecule has 0 aliphatic heterocycles. The smallest absolute Gasteiger partial charge is 0.142 e. The molecule has 0 aromatic heterocycles. The van der Waals surface area contributed by atoms with Gasteiger partial charge in [0.1, 0.15) is 5.82 Å². The van der Waals surface area contributed by atoms with Crippen molar-refractivity contribution in [3.63, 3.8) is 0 Å². The number of alkyl halides is 1. The fourth-order valence-corrected chi connectivity index (χ4v) is 1.57. The zero-order chi connectivity index (χ0) is 11.3. The van der Waals surface area contributed by atoms with Crippen molar-refractivity contribution in [2.45, 2.75) is 19.8 Å². The van der Waals surface area contributed by atoms with E-state index in [0.717, 1.165) is 18.4 Å². The molecule has 0 unspecified atom stereocenters. The predicted molar refractivity (Wildman–Crippen MR) is 64.2 cm³/mol. The minimum Gasteiger partial charge on any atom is -0.205 e. The molecule has 0 saturated carbocycles. The highest BCUT2D eigenvalue weighted by Crippen LogP contribution is 2.17. The van der Waals surface area contributed by atoms with Gasteiger partial charge in [-0.05, 0) is 37.5 Å². The molecule has 15 heavy (non-hydrogen) atoms. The maximum absolute atomic E-state index is 13.1. The van der Waals surface area contributed by atoms with Crippen molar-refractivity contribution in [3.8, 4) is 0 Å². The van der Waals surface area contributed by atoms with Gasteiger partial charge in [-0.3, -0.25) is 0 Å². The van der Waals surface area contributed by atoms with Crippen LogP contribution in [0.25, 0.3) is 0 Å². The molecular formula is C12H13Cl2F. The van der Waals surface area contributed by atoms with E-state index in [1.165, 1.54) is 11.6 Å². The van der Waals surface area contributed by atoms with Crippen LogP contribution in [0.15, 0.2) is 29.8 Å². The molecule has 3 heteroatoms. The van der Waals surface area contributed by atoms with E-state index < -0.39 is 0 Å². The minimum absolute atomic E-state index is 0.168. The summed E-state index contributed by atoms with van der Waals surface area (Å²) in [7, 11) is 0. The second kappa shape index (κ2) is 6.14. The van der Waals surface area contributed by atoms with Crippen LogP contribution in [0, 0.1) is 5.82 Å². The lowest BCUT2D eigenvalue weighted by atomic mass is 10.1. The Labute approximate surface area is 99.7 Å². The average Bonchev–Trinajstić information content (AvgIpc) is 2.20.